The molecule has 0 bridgehead atoms. The van der Waals surface area contributed by atoms with Crippen LogP contribution in [0.2, 0.25) is 0 Å². The molecule has 0 spiro atoms. The van der Waals surface area contributed by atoms with Gasteiger partial charge < -0.3 is 10.2 Å². The van der Waals surface area contributed by atoms with Gasteiger partial charge in [-0.1, -0.05) is 6.92 Å². The molecule has 1 rings (SSSR count). The number of nitrogens with two attached hydrogens (primary N) is 1. The molecule has 0 fully saturated rings. The minimum absolute atomic E-state index is 0.591. The van der Waals surface area contributed by atoms with E-state index in [1.54, 1.807) is 0 Å². The van der Waals surface area contributed by atoms with Crippen molar-refractivity contribution >= 4 is 5.82 Å². The Kier molecular flexibility index (Phi) is 3.45. The van der Waals surface area contributed by atoms with E-state index in [9.17, 15) is 0 Å². The van der Waals surface area contributed by atoms with Crippen molar-refractivity contribution in [3.63, 3.8) is 0 Å². The van der Waals surface area contributed by atoms with Gasteiger partial charge in [0, 0.05) is 0 Å². The predicted molar refractivity (Wildman–Crippen MR) is 50.4 cm³/mol. The lowest BCUT2D eigenvalue weighted by Crippen LogP contribution is -2.12. The maximum absolute atomic E-state index is 5.32. The second-order valence-corrected chi connectivity index (χ2v) is 2.44. The zero-order valence-electron chi connectivity index (χ0n) is 7.87. The summed E-state index contributed by atoms with van der Waals surface area (Å²) in [5, 5.41) is 0. The molecule has 0 amide bonds. The number of nitrogens with one attached hydrogen (secondary N) is 1. The third kappa shape index (κ3) is 2.06. The maximum atomic E-state index is 5.32. The van der Waals surface area contributed by atoms with Crippen molar-refractivity contribution in [2.45, 2.75) is 20.3 Å². The topological polar surface area (TPSA) is 73.1 Å². The Balaban J connectivity index is 3.03. The van der Waals surface area contributed by atoms with Gasteiger partial charge in [-0.15, -0.1) is 0 Å². The van der Waals surface area contributed by atoms with E-state index in [2.05, 4.69) is 15.4 Å². The number of aromatic nitrogens is 2. The van der Waals surface area contributed by atoms with Crippen LogP contribution in [0, 0.1) is 0 Å². The van der Waals surface area contributed by atoms with E-state index in [1.807, 2.05) is 13.8 Å². The molecule has 0 aliphatic rings. The average Bonchev–Trinajstić information content (AvgIpc) is 2.18. The van der Waals surface area contributed by atoms with Crippen molar-refractivity contribution in [1.82, 2.24) is 9.97 Å². The Morgan fingerprint density at radius 2 is 2.23 bits per heavy atom. The van der Waals surface area contributed by atoms with Gasteiger partial charge in [0.25, 0.3) is 0 Å². The molecule has 0 atom stereocenters. The number of hydrogen-bond donors (Lipinski definition) is 2. The summed E-state index contributed by atoms with van der Waals surface area (Å²) < 4.78 is 5.32. The van der Waals surface area contributed by atoms with E-state index in [0.29, 0.717) is 18.3 Å². The maximum Gasteiger partial charge on any atom is 0.221 e. The van der Waals surface area contributed by atoms with Crippen LogP contribution in [0.25, 0.3) is 0 Å². The number of nitrogens with zero attached hydrogens (tertiary/aromatic N) is 2. The molecule has 1 aromatic rings. The molecule has 1 heterocycles. The van der Waals surface area contributed by atoms with E-state index >= 15 is 0 Å². The first-order chi connectivity index (χ1) is 6.33. The Labute approximate surface area is 77.3 Å². The van der Waals surface area contributed by atoms with Gasteiger partial charge in [0.05, 0.1) is 12.2 Å². The molecule has 0 saturated heterocycles. The summed E-state index contributed by atoms with van der Waals surface area (Å²) in [4.78, 5) is 8.00. The summed E-state index contributed by atoms with van der Waals surface area (Å²) in [7, 11) is 0. The van der Waals surface area contributed by atoms with E-state index in [0.717, 1.165) is 12.0 Å². The SMILES string of the molecule is CCOc1ncnc(NN)c1CC. The summed E-state index contributed by atoms with van der Waals surface area (Å²) >= 11 is 0. The third-order valence-electron chi connectivity index (χ3n) is 1.68. The van der Waals surface area contributed by atoms with Gasteiger partial charge in [-0.25, -0.2) is 15.8 Å². The Morgan fingerprint density at radius 3 is 2.77 bits per heavy atom. The Bertz CT molecular complexity index is 277. The molecule has 72 valence electrons. The first kappa shape index (κ1) is 9.73. The molecule has 3 N–H and O–H groups in total. The summed E-state index contributed by atoms with van der Waals surface area (Å²) in [6, 6.07) is 0. The van der Waals surface area contributed by atoms with Crippen LogP contribution < -0.4 is 16.0 Å². The highest BCUT2D eigenvalue weighted by molar-refractivity contribution is 5.47. The second kappa shape index (κ2) is 4.61. The van der Waals surface area contributed by atoms with Crippen LogP contribution in [-0.4, -0.2) is 16.6 Å². The fourth-order valence-electron chi connectivity index (χ4n) is 1.10. The third-order valence-corrected chi connectivity index (χ3v) is 1.68. The summed E-state index contributed by atoms with van der Waals surface area (Å²) in [5.74, 6) is 6.53. The van der Waals surface area contributed by atoms with Gasteiger partial charge >= 0.3 is 0 Å². The van der Waals surface area contributed by atoms with Crippen molar-refractivity contribution in [2.24, 2.45) is 5.84 Å². The summed E-state index contributed by atoms with van der Waals surface area (Å²) in [5.41, 5.74) is 3.42. The van der Waals surface area contributed by atoms with Gasteiger partial charge in [0.1, 0.15) is 12.1 Å². The van der Waals surface area contributed by atoms with Crippen LogP contribution in [0.1, 0.15) is 19.4 Å². The lowest BCUT2D eigenvalue weighted by atomic mass is 10.2. The zero-order chi connectivity index (χ0) is 9.68. The monoisotopic (exact) mass is 182 g/mol. The molecule has 0 aromatic carbocycles. The van der Waals surface area contributed by atoms with Gasteiger partial charge in [0.15, 0.2) is 0 Å². The van der Waals surface area contributed by atoms with Crippen molar-refractivity contribution in [3.05, 3.63) is 11.9 Å². The van der Waals surface area contributed by atoms with Crippen LogP contribution in [0.3, 0.4) is 0 Å². The quantitative estimate of drug-likeness (QED) is 0.530. The molecule has 0 aliphatic carbocycles. The van der Waals surface area contributed by atoms with E-state index < -0.39 is 0 Å². The van der Waals surface area contributed by atoms with Crippen molar-refractivity contribution in [1.29, 1.82) is 0 Å². The minimum Gasteiger partial charge on any atom is -0.478 e. The van der Waals surface area contributed by atoms with Crippen LogP contribution in [-0.2, 0) is 6.42 Å². The first-order valence-electron chi connectivity index (χ1n) is 4.26. The summed E-state index contributed by atoms with van der Waals surface area (Å²) in [6.07, 6.45) is 2.22. The Morgan fingerprint density at radius 1 is 1.46 bits per heavy atom. The molecule has 5 nitrogen and oxygen atoms in total. The number of rotatable bonds is 4. The van der Waals surface area contributed by atoms with Crippen molar-refractivity contribution in [2.75, 3.05) is 12.0 Å². The van der Waals surface area contributed by atoms with E-state index in [1.165, 1.54) is 6.33 Å². The van der Waals surface area contributed by atoms with E-state index in [-0.39, 0.29) is 0 Å². The van der Waals surface area contributed by atoms with Crippen molar-refractivity contribution < 1.29 is 4.74 Å². The highest BCUT2D eigenvalue weighted by Gasteiger charge is 2.08. The fraction of sp³-hybridized carbons (Fsp3) is 0.500. The van der Waals surface area contributed by atoms with Crippen LogP contribution in [0.15, 0.2) is 6.33 Å². The number of hydrogen-bond acceptors (Lipinski definition) is 5. The lowest BCUT2D eigenvalue weighted by Gasteiger charge is -2.10. The normalized spacial score (nSPS) is 9.77. The summed E-state index contributed by atoms with van der Waals surface area (Å²) in [6.45, 7) is 4.51. The van der Waals surface area contributed by atoms with Gasteiger partial charge in [-0.2, -0.15) is 0 Å². The predicted octanol–water partition coefficient (Wildman–Crippen LogP) is 0.723. The van der Waals surface area contributed by atoms with Gasteiger partial charge in [-0.3, -0.25) is 0 Å². The van der Waals surface area contributed by atoms with E-state index in [4.69, 9.17) is 10.6 Å². The van der Waals surface area contributed by atoms with Crippen LogP contribution in [0.5, 0.6) is 5.88 Å². The molecule has 0 aliphatic heterocycles. The minimum atomic E-state index is 0.591. The molecule has 13 heavy (non-hydrogen) atoms. The number of ether oxygens (including phenoxy) is 1. The first-order valence-corrected chi connectivity index (χ1v) is 4.26. The number of anilines is 1. The zero-order valence-corrected chi connectivity index (χ0v) is 7.87. The highest BCUT2D eigenvalue weighted by Crippen LogP contribution is 2.21. The molecule has 0 unspecified atom stereocenters. The smallest absolute Gasteiger partial charge is 0.221 e. The number of nitrogen functional groups attached to an aromatic ring is 1. The second-order valence-electron chi connectivity index (χ2n) is 2.44. The van der Waals surface area contributed by atoms with Crippen LogP contribution >= 0.6 is 0 Å². The van der Waals surface area contributed by atoms with Gasteiger partial charge in [0.2, 0.25) is 5.88 Å². The standard InChI is InChI=1S/C8H14N4O/c1-3-6-7(12-9)10-5-11-8(6)13-4-2/h5H,3-4,9H2,1-2H3,(H,10,11,12). The lowest BCUT2D eigenvalue weighted by molar-refractivity contribution is 0.322. The number of hydrazine groups is 1. The largest absolute Gasteiger partial charge is 0.478 e. The molecular weight excluding hydrogens is 168 g/mol. The Hall–Kier alpha value is -1.36. The van der Waals surface area contributed by atoms with Crippen LogP contribution in [0.4, 0.5) is 5.82 Å². The average molecular weight is 182 g/mol. The molecule has 0 radical (unpaired) electrons. The molecule has 5 heteroatoms. The molecule has 0 saturated carbocycles. The highest BCUT2D eigenvalue weighted by atomic mass is 16.5. The van der Waals surface area contributed by atoms with Crippen molar-refractivity contribution in [3.8, 4) is 5.88 Å². The fourth-order valence-corrected chi connectivity index (χ4v) is 1.10. The molecule has 1 aromatic heterocycles. The molecular formula is C8H14N4O. The van der Waals surface area contributed by atoms with Gasteiger partial charge in [-0.05, 0) is 13.3 Å².